The van der Waals surface area contributed by atoms with Gasteiger partial charge in [0.05, 0.1) is 11.9 Å². The third kappa shape index (κ3) is 3.11. The molecule has 1 atom stereocenters. The van der Waals surface area contributed by atoms with E-state index in [2.05, 4.69) is 20.9 Å². The largest absolute Gasteiger partial charge is 0.260 e. The van der Waals surface area contributed by atoms with E-state index in [1.54, 1.807) is 12.3 Å². The highest BCUT2D eigenvalue weighted by Crippen LogP contribution is 2.20. The van der Waals surface area contributed by atoms with Gasteiger partial charge in [-0.15, -0.1) is 0 Å². The van der Waals surface area contributed by atoms with Gasteiger partial charge in [-0.2, -0.15) is 5.10 Å². The second kappa shape index (κ2) is 5.54. The molecule has 118 valence electrons. The lowest BCUT2D eigenvalue weighted by atomic mass is 10.2. The van der Waals surface area contributed by atoms with Gasteiger partial charge in [0, 0.05) is 39.8 Å². The molecule has 0 aliphatic rings. The maximum absolute atomic E-state index is 13.8. The normalized spacial score (nSPS) is 13.7. The van der Waals surface area contributed by atoms with E-state index in [0.717, 1.165) is 12.1 Å². The van der Waals surface area contributed by atoms with Crippen LogP contribution >= 0.6 is 0 Å². The Bertz CT molecular complexity index is 983. The Kier molecular flexibility index (Phi) is 3.69. The first-order valence-electron chi connectivity index (χ1n) is 6.50. The lowest BCUT2D eigenvalue weighted by Gasteiger charge is -2.03. The first-order valence-corrected chi connectivity index (χ1v) is 8.64. The van der Waals surface area contributed by atoms with E-state index < -0.39 is 21.2 Å². The van der Waals surface area contributed by atoms with Crippen molar-refractivity contribution in [2.45, 2.75) is 5.16 Å². The van der Waals surface area contributed by atoms with Gasteiger partial charge in [-0.05, 0) is 24.1 Å². The fourth-order valence-corrected chi connectivity index (χ4v) is 2.54. The summed E-state index contributed by atoms with van der Waals surface area (Å²) in [7, 11) is -2.54. The molecule has 0 spiro atoms. The van der Waals surface area contributed by atoms with Crippen molar-refractivity contribution in [1.82, 2.24) is 19.7 Å². The summed E-state index contributed by atoms with van der Waals surface area (Å²) in [6, 6.07) is 4.85. The molecule has 0 fully saturated rings. The highest BCUT2D eigenvalue weighted by atomic mass is 32.2. The number of hydrogen-bond donors (Lipinski definition) is 0. The standard InChI is InChI=1S/C15H12F2N4OS/c1-23(2,22)15-18-6-5-13(20-15)10-8-19-21(9-10)14-4-3-11(16)7-12(14)17/h3-9H,1H2,2H3. The fraction of sp³-hybridized carbons (Fsp3) is 0.0667. The van der Waals surface area contributed by atoms with Crippen molar-refractivity contribution in [2.24, 2.45) is 0 Å². The molecule has 3 rings (SSSR count). The Hall–Kier alpha value is -2.61. The number of halogens is 2. The first-order chi connectivity index (χ1) is 10.8. The average molecular weight is 334 g/mol. The van der Waals surface area contributed by atoms with E-state index in [4.69, 9.17) is 0 Å². The van der Waals surface area contributed by atoms with E-state index in [1.165, 1.54) is 29.4 Å². The van der Waals surface area contributed by atoms with Gasteiger partial charge in [0.25, 0.3) is 0 Å². The van der Waals surface area contributed by atoms with Crippen molar-refractivity contribution >= 4 is 15.4 Å². The average Bonchev–Trinajstić information content (AvgIpc) is 2.96. The number of benzene rings is 1. The summed E-state index contributed by atoms with van der Waals surface area (Å²) in [6.07, 6.45) is 5.95. The van der Waals surface area contributed by atoms with Crippen molar-refractivity contribution in [3.8, 4) is 16.9 Å². The van der Waals surface area contributed by atoms with Crippen LogP contribution < -0.4 is 0 Å². The quantitative estimate of drug-likeness (QED) is 0.545. The molecule has 0 radical (unpaired) electrons. The second-order valence-electron chi connectivity index (χ2n) is 5.00. The van der Waals surface area contributed by atoms with Crippen LogP contribution in [0, 0.1) is 11.6 Å². The SMILES string of the molecule is C=S(C)(=O)c1nccc(-c2cnn(-c3ccc(F)cc3F)c2)n1. The van der Waals surface area contributed by atoms with Crippen molar-refractivity contribution in [2.75, 3.05) is 6.26 Å². The Morgan fingerprint density at radius 2 is 2.04 bits per heavy atom. The summed E-state index contributed by atoms with van der Waals surface area (Å²) in [5.41, 5.74) is 1.19. The lowest BCUT2D eigenvalue weighted by molar-refractivity contribution is 0.573. The van der Waals surface area contributed by atoms with Crippen LogP contribution in [0.5, 0.6) is 0 Å². The molecule has 1 unspecified atom stereocenters. The molecule has 23 heavy (non-hydrogen) atoms. The van der Waals surface area contributed by atoms with Gasteiger partial charge in [-0.3, -0.25) is 4.21 Å². The van der Waals surface area contributed by atoms with Gasteiger partial charge in [0.15, 0.2) is 5.82 Å². The lowest BCUT2D eigenvalue weighted by Crippen LogP contribution is -2.03. The molecule has 2 heterocycles. The summed E-state index contributed by atoms with van der Waals surface area (Å²) >= 11 is 0. The minimum atomic E-state index is -2.54. The molecule has 0 amide bonds. The number of rotatable bonds is 3. The van der Waals surface area contributed by atoms with Gasteiger partial charge >= 0.3 is 0 Å². The molecule has 3 aromatic rings. The fourth-order valence-electron chi connectivity index (χ4n) is 1.96. The Morgan fingerprint density at radius 1 is 1.26 bits per heavy atom. The van der Waals surface area contributed by atoms with Crippen LogP contribution in [0.2, 0.25) is 0 Å². The zero-order valence-corrected chi connectivity index (χ0v) is 12.9. The van der Waals surface area contributed by atoms with E-state index in [0.29, 0.717) is 11.3 Å². The molecule has 0 saturated heterocycles. The smallest absolute Gasteiger partial charge is 0.210 e. The summed E-state index contributed by atoms with van der Waals surface area (Å²) < 4.78 is 40.0. The summed E-state index contributed by atoms with van der Waals surface area (Å²) in [5.74, 6) is 2.16. The highest BCUT2D eigenvalue weighted by molar-refractivity contribution is 7.99. The zero-order valence-electron chi connectivity index (χ0n) is 12.1. The van der Waals surface area contributed by atoms with Gasteiger partial charge in [0.1, 0.15) is 11.5 Å². The van der Waals surface area contributed by atoms with Crippen LogP contribution in [-0.4, -0.2) is 36.1 Å². The minimum Gasteiger partial charge on any atom is -0.260 e. The van der Waals surface area contributed by atoms with E-state index >= 15 is 0 Å². The van der Waals surface area contributed by atoms with Gasteiger partial charge in [0.2, 0.25) is 5.16 Å². The minimum absolute atomic E-state index is 0.114. The van der Waals surface area contributed by atoms with Crippen molar-refractivity contribution in [3.63, 3.8) is 0 Å². The Morgan fingerprint density at radius 3 is 2.74 bits per heavy atom. The van der Waals surface area contributed by atoms with E-state index in [1.807, 2.05) is 0 Å². The predicted octanol–water partition coefficient (Wildman–Crippen LogP) is 2.31. The molecular weight excluding hydrogens is 322 g/mol. The van der Waals surface area contributed by atoms with Crippen LogP contribution in [0.3, 0.4) is 0 Å². The van der Waals surface area contributed by atoms with E-state index in [9.17, 15) is 13.0 Å². The zero-order chi connectivity index (χ0) is 16.6. The second-order valence-corrected chi connectivity index (χ2v) is 7.37. The van der Waals surface area contributed by atoms with Gasteiger partial charge in [-0.1, -0.05) is 0 Å². The maximum Gasteiger partial charge on any atom is 0.210 e. The number of nitrogens with zero attached hydrogens (tertiary/aromatic N) is 4. The molecule has 0 aliphatic heterocycles. The first kappa shape index (κ1) is 15.3. The summed E-state index contributed by atoms with van der Waals surface area (Å²) in [4.78, 5) is 8.15. The molecule has 0 N–H and O–H groups in total. The highest BCUT2D eigenvalue weighted by Gasteiger charge is 2.11. The van der Waals surface area contributed by atoms with Gasteiger partial charge < -0.3 is 0 Å². The summed E-state index contributed by atoms with van der Waals surface area (Å²) in [6.45, 7) is 0. The number of hydrogen-bond acceptors (Lipinski definition) is 4. The van der Waals surface area contributed by atoms with Crippen LogP contribution in [0.15, 0.2) is 48.0 Å². The molecule has 1 aromatic carbocycles. The number of aromatic nitrogens is 4. The van der Waals surface area contributed by atoms with Crippen molar-refractivity contribution in [1.29, 1.82) is 0 Å². The van der Waals surface area contributed by atoms with E-state index in [-0.39, 0.29) is 10.8 Å². The van der Waals surface area contributed by atoms with Crippen LogP contribution in [0.4, 0.5) is 8.78 Å². The molecular formula is C15H12F2N4OS. The molecule has 5 nitrogen and oxygen atoms in total. The Labute approximate surface area is 131 Å². The molecule has 0 bridgehead atoms. The molecule has 0 saturated carbocycles. The molecule has 8 heteroatoms. The van der Waals surface area contributed by atoms with Crippen molar-refractivity contribution in [3.05, 3.63) is 54.5 Å². The third-order valence-corrected chi connectivity index (χ3v) is 4.02. The van der Waals surface area contributed by atoms with Crippen LogP contribution in [-0.2, 0) is 9.52 Å². The monoisotopic (exact) mass is 334 g/mol. The maximum atomic E-state index is 13.8. The van der Waals surface area contributed by atoms with Crippen LogP contribution in [0.1, 0.15) is 0 Å². The predicted molar refractivity (Wildman–Crippen MR) is 84.0 cm³/mol. The van der Waals surface area contributed by atoms with Crippen molar-refractivity contribution < 1.29 is 13.0 Å². The third-order valence-electron chi connectivity index (χ3n) is 3.05. The summed E-state index contributed by atoms with van der Waals surface area (Å²) in [5, 5.41) is 4.19. The molecule has 0 aliphatic carbocycles. The van der Waals surface area contributed by atoms with Gasteiger partial charge in [-0.25, -0.2) is 23.4 Å². The van der Waals surface area contributed by atoms with Crippen LogP contribution in [0.25, 0.3) is 16.9 Å². The Balaban J connectivity index is 2.03. The topological polar surface area (TPSA) is 60.7 Å². The molecule has 2 aromatic heterocycles.